The summed E-state index contributed by atoms with van der Waals surface area (Å²) >= 11 is 0. The molecule has 0 amide bonds. The van der Waals surface area contributed by atoms with Crippen molar-refractivity contribution in [2.24, 2.45) is 14.1 Å². The average Bonchev–Trinajstić information content (AvgIpc) is 2.92. The summed E-state index contributed by atoms with van der Waals surface area (Å²) in [7, 11) is 3.13. The minimum absolute atomic E-state index is 0.186. The van der Waals surface area contributed by atoms with Crippen molar-refractivity contribution in [1.82, 2.24) is 24.0 Å². The summed E-state index contributed by atoms with van der Waals surface area (Å²) < 4.78 is 4.51. The maximum atomic E-state index is 12.0. The summed E-state index contributed by atoms with van der Waals surface area (Å²) in [5, 5.41) is 3.27. The highest BCUT2D eigenvalue weighted by atomic mass is 16.2. The topological polar surface area (TPSA) is 73.8 Å². The smallest absolute Gasteiger partial charge is 0.330 e. The van der Waals surface area contributed by atoms with E-state index in [2.05, 4.69) is 10.3 Å². The average molecular weight is 277 g/mol. The first-order valence-electron chi connectivity index (χ1n) is 6.43. The van der Waals surface area contributed by atoms with Crippen LogP contribution in [0.2, 0.25) is 0 Å². The van der Waals surface area contributed by atoms with Crippen LogP contribution < -0.4 is 16.6 Å². The van der Waals surface area contributed by atoms with Gasteiger partial charge in [-0.3, -0.25) is 9.36 Å². The van der Waals surface area contributed by atoms with Gasteiger partial charge in [0, 0.05) is 57.4 Å². The third kappa shape index (κ3) is 3.05. The predicted molar refractivity (Wildman–Crippen MR) is 75.5 cm³/mol. The minimum atomic E-state index is -0.315. The molecule has 0 saturated heterocycles. The molecule has 2 rings (SSSR count). The quantitative estimate of drug-likeness (QED) is 0.796. The summed E-state index contributed by atoms with van der Waals surface area (Å²) in [5.41, 5.74) is 0.00715. The van der Waals surface area contributed by atoms with Crippen molar-refractivity contribution >= 4 is 0 Å². The monoisotopic (exact) mass is 277 g/mol. The maximum absolute atomic E-state index is 12.0. The van der Waals surface area contributed by atoms with Gasteiger partial charge in [0.15, 0.2) is 0 Å². The lowest BCUT2D eigenvalue weighted by Crippen LogP contribution is -2.40. The van der Waals surface area contributed by atoms with Crippen LogP contribution in [-0.2, 0) is 27.2 Å². The summed E-state index contributed by atoms with van der Waals surface area (Å²) in [6.45, 7) is 3.23. The van der Waals surface area contributed by atoms with Crippen molar-refractivity contribution in [2.75, 3.05) is 0 Å². The van der Waals surface area contributed by atoms with Crippen LogP contribution in [0.25, 0.3) is 0 Å². The number of nitrogens with zero attached hydrogens (tertiary/aromatic N) is 4. The molecule has 108 valence electrons. The van der Waals surface area contributed by atoms with Gasteiger partial charge in [0.05, 0.1) is 6.33 Å². The molecule has 1 unspecified atom stereocenters. The van der Waals surface area contributed by atoms with Crippen LogP contribution in [0.15, 0.2) is 34.5 Å². The lowest BCUT2D eigenvalue weighted by atomic mass is 10.2. The Balaban J connectivity index is 2.04. The zero-order chi connectivity index (χ0) is 14.7. The van der Waals surface area contributed by atoms with Crippen molar-refractivity contribution in [3.05, 3.63) is 51.3 Å². The highest BCUT2D eigenvalue weighted by Gasteiger charge is 2.08. The summed E-state index contributed by atoms with van der Waals surface area (Å²) in [4.78, 5) is 27.5. The number of aromatic nitrogens is 4. The molecule has 2 aromatic heterocycles. The van der Waals surface area contributed by atoms with E-state index < -0.39 is 0 Å². The second-order valence-corrected chi connectivity index (χ2v) is 4.95. The van der Waals surface area contributed by atoms with E-state index in [9.17, 15) is 9.59 Å². The van der Waals surface area contributed by atoms with Gasteiger partial charge in [-0.05, 0) is 6.92 Å². The molecule has 0 saturated carbocycles. The van der Waals surface area contributed by atoms with E-state index in [0.717, 1.165) is 11.1 Å². The SMILES string of the molecule is CC(Cn1ccnc1)NCc1cn(C)c(=O)n(C)c1=O. The van der Waals surface area contributed by atoms with Crippen LogP contribution in [0, 0.1) is 0 Å². The Hall–Kier alpha value is -2.15. The molecule has 0 bridgehead atoms. The Morgan fingerprint density at radius 1 is 1.35 bits per heavy atom. The first-order valence-corrected chi connectivity index (χ1v) is 6.43. The first kappa shape index (κ1) is 14.3. The molecule has 0 aliphatic rings. The summed E-state index contributed by atoms with van der Waals surface area (Å²) in [5.74, 6) is 0. The van der Waals surface area contributed by atoms with E-state index in [1.807, 2.05) is 17.7 Å². The fraction of sp³-hybridized carbons (Fsp3) is 0.462. The number of nitrogens with one attached hydrogen (secondary N) is 1. The van der Waals surface area contributed by atoms with Crippen molar-refractivity contribution in [3.8, 4) is 0 Å². The molecule has 20 heavy (non-hydrogen) atoms. The molecule has 1 N–H and O–H groups in total. The molecule has 0 radical (unpaired) electrons. The van der Waals surface area contributed by atoms with Crippen molar-refractivity contribution in [3.63, 3.8) is 0 Å². The Bertz CT molecular complexity index is 684. The van der Waals surface area contributed by atoms with Gasteiger partial charge in [0.1, 0.15) is 0 Å². The lowest BCUT2D eigenvalue weighted by molar-refractivity contribution is 0.471. The Labute approximate surface area is 116 Å². The number of hydrogen-bond acceptors (Lipinski definition) is 4. The van der Waals surface area contributed by atoms with Crippen LogP contribution in [0.3, 0.4) is 0 Å². The second-order valence-electron chi connectivity index (χ2n) is 4.95. The standard InChI is InChI=1S/C13H19N5O2/c1-10(7-18-5-4-14-9-18)15-6-11-8-16(2)13(20)17(3)12(11)19/h4-5,8-10,15H,6-7H2,1-3H3. The van der Waals surface area contributed by atoms with Gasteiger partial charge in [-0.25, -0.2) is 9.78 Å². The first-order chi connectivity index (χ1) is 9.49. The zero-order valence-electron chi connectivity index (χ0n) is 11.9. The molecule has 2 heterocycles. The minimum Gasteiger partial charge on any atom is -0.336 e. The van der Waals surface area contributed by atoms with E-state index in [4.69, 9.17) is 0 Å². The van der Waals surface area contributed by atoms with Gasteiger partial charge in [-0.15, -0.1) is 0 Å². The highest BCUT2D eigenvalue weighted by Crippen LogP contribution is 1.94. The van der Waals surface area contributed by atoms with E-state index in [0.29, 0.717) is 12.1 Å². The molecule has 0 aliphatic carbocycles. The van der Waals surface area contributed by atoms with Gasteiger partial charge in [0.2, 0.25) is 0 Å². The van der Waals surface area contributed by atoms with Crippen molar-refractivity contribution in [1.29, 1.82) is 0 Å². The van der Waals surface area contributed by atoms with Crippen molar-refractivity contribution < 1.29 is 0 Å². The zero-order valence-corrected chi connectivity index (χ0v) is 11.9. The van der Waals surface area contributed by atoms with Gasteiger partial charge >= 0.3 is 5.69 Å². The Morgan fingerprint density at radius 3 is 2.75 bits per heavy atom. The number of aryl methyl sites for hydroxylation is 1. The Kier molecular flexibility index (Phi) is 4.19. The Morgan fingerprint density at radius 2 is 2.10 bits per heavy atom. The van der Waals surface area contributed by atoms with Crippen LogP contribution >= 0.6 is 0 Å². The number of imidazole rings is 1. The van der Waals surface area contributed by atoms with Gasteiger partial charge in [-0.1, -0.05) is 0 Å². The fourth-order valence-corrected chi connectivity index (χ4v) is 2.06. The van der Waals surface area contributed by atoms with E-state index in [1.54, 1.807) is 25.8 Å². The van der Waals surface area contributed by atoms with Gasteiger partial charge in [0.25, 0.3) is 5.56 Å². The van der Waals surface area contributed by atoms with Gasteiger partial charge < -0.3 is 14.5 Å². The molecule has 7 heteroatoms. The van der Waals surface area contributed by atoms with Crippen LogP contribution in [0.4, 0.5) is 0 Å². The molecule has 0 fully saturated rings. The third-order valence-corrected chi connectivity index (χ3v) is 3.20. The summed E-state index contributed by atoms with van der Waals surface area (Å²) in [6.07, 6.45) is 6.96. The van der Waals surface area contributed by atoms with E-state index >= 15 is 0 Å². The van der Waals surface area contributed by atoms with Crippen molar-refractivity contribution in [2.45, 2.75) is 26.1 Å². The van der Waals surface area contributed by atoms with Crippen LogP contribution in [0.5, 0.6) is 0 Å². The van der Waals surface area contributed by atoms with Crippen LogP contribution in [0.1, 0.15) is 12.5 Å². The largest absolute Gasteiger partial charge is 0.336 e. The lowest BCUT2D eigenvalue weighted by Gasteiger charge is -2.14. The van der Waals surface area contributed by atoms with E-state index in [-0.39, 0.29) is 17.3 Å². The maximum Gasteiger partial charge on any atom is 0.330 e. The summed E-state index contributed by atoms with van der Waals surface area (Å²) in [6, 6.07) is 0.186. The van der Waals surface area contributed by atoms with E-state index in [1.165, 1.54) is 11.6 Å². The molecular weight excluding hydrogens is 258 g/mol. The molecule has 1 atom stereocenters. The number of rotatable bonds is 5. The second kappa shape index (κ2) is 5.87. The fourth-order valence-electron chi connectivity index (χ4n) is 2.06. The molecule has 0 spiro atoms. The molecule has 2 aromatic rings. The molecule has 0 aliphatic heterocycles. The molecule has 7 nitrogen and oxygen atoms in total. The molecule has 0 aromatic carbocycles. The van der Waals surface area contributed by atoms with Crippen LogP contribution in [-0.4, -0.2) is 24.7 Å². The van der Waals surface area contributed by atoms with Gasteiger partial charge in [-0.2, -0.15) is 0 Å². The number of hydrogen-bond donors (Lipinski definition) is 1. The predicted octanol–water partition coefficient (Wildman–Crippen LogP) is -0.541. The highest BCUT2D eigenvalue weighted by molar-refractivity contribution is 5.05. The third-order valence-electron chi connectivity index (χ3n) is 3.20. The molecular formula is C13H19N5O2. The normalized spacial score (nSPS) is 12.6.